The van der Waals surface area contributed by atoms with E-state index in [0.29, 0.717) is 18.7 Å². The SMILES string of the molecule is COCCCNC(=O)/C=C/c1ccc(C(=O)OC)cc1. The molecule has 0 fully saturated rings. The molecule has 0 aliphatic carbocycles. The molecule has 5 nitrogen and oxygen atoms in total. The van der Waals surface area contributed by atoms with E-state index >= 15 is 0 Å². The van der Waals surface area contributed by atoms with Crippen LogP contribution in [-0.4, -0.2) is 39.2 Å². The zero-order valence-corrected chi connectivity index (χ0v) is 11.7. The summed E-state index contributed by atoms with van der Waals surface area (Å²) in [7, 11) is 2.96. The van der Waals surface area contributed by atoms with Crippen LogP contribution in [0.25, 0.3) is 6.08 Å². The second kappa shape index (κ2) is 8.87. The van der Waals surface area contributed by atoms with Crippen LogP contribution in [0.15, 0.2) is 30.3 Å². The predicted octanol–water partition coefficient (Wildman–Crippen LogP) is 1.64. The van der Waals surface area contributed by atoms with Crippen molar-refractivity contribution in [2.75, 3.05) is 27.4 Å². The summed E-state index contributed by atoms with van der Waals surface area (Å²) in [5, 5.41) is 2.75. The Balaban J connectivity index is 2.45. The minimum atomic E-state index is -0.378. The third-order valence-corrected chi connectivity index (χ3v) is 2.58. The lowest BCUT2D eigenvalue weighted by Crippen LogP contribution is -2.22. The summed E-state index contributed by atoms with van der Waals surface area (Å²) in [6.45, 7) is 1.21. The fraction of sp³-hybridized carbons (Fsp3) is 0.333. The van der Waals surface area contributed by atoms with Gasteiger partial charge in [0.05, 0.1) is 12.7 Å². The van der Waals surface area contributed by atoms with Crippen molar-refractivity contribution < 1.29 is 19.1 Å². The van der Waals surface area contributed by atoms with Crippen LogP contribution in [0.2, 0.25) is 0 Å². The van der Waals surface area contributed by atoms with Crippen molar-refractivity contribution in [3.05, 3.63) is 41.5 Å². The minimum Gasteiger partial charge on any atom is -0.465 e. The molecular weight excluding hydrogens is 258 g/mol. The maximum absolute atomic E-state index is 11.5. The molecule has 0 heterocycles. The van der Waals surface area contributed by atoms with Gasteiger partial charge in [0, 0.05) is 26.3 Å². The first-order chi connectivity index (χ1) is 9.67. The van der Waals surface area contributed by atoms with E-state index in [4.69, 9.17) is 4.74 Å². The lowest BCUT2D eigenvalue weighted by Gasteiger charge is -2.01. The molecule has 1 aromatic rings. The van der Waals surface area contributed by atoms with Gasteiger partial charge in [-0.15, -0.1) is 0 Å². The lowest BCUT2D eigenvalue weighted by molar-refractivity contribution is -0.116. The maximum Gasteiger partial charge on any atom is 0.337 e. The molecule has 1 aromatic carbocycles. The van der Waals surface area contributed by atoms with Gasteiger partial charge in [-0.2, -0.15) is 0 Å². The highest BCUT2D eigenvalue weighted by Gasteiger charge is 2.03. The fourth-order valence-electron chi connectivity index (χ4n) is 1.51. The van der Waals surface area contributed by atoms with E-state index in [0.717, 1.165) is 12.0 Å². The molecule has 1 rings (SSSR count). The van der Waals surface area contributed by atoms with Crippen LogP contribution in [0.3, 0.4) is 0 Å². The molecule has 0 radical (unpaired) electrons. The van der Waals surface area contributed by atoms with E-state index in [-0.39, 0.29) is 11.9 Å². The fourth-order valence-corrected chi connectivity index (χ4v) is 1.51. The number of benzene rings is 1. The van der Waals surface area contributed by atoms with Gasteiger partial charge in [-0.05, 0) is 30.2 Å². The number of methoxy groups -OCH3 is 2. The summed E-state index contributed by atoms with van der Waals surface area (Å²) in [4.78, 5) is 22.7. The Hall–Kier alpha value is -2.14. The average molecular weight is 277 g/mol. The van der Waals surface area contributed by atoms with Crippen LogP contribution < -0.4 is 5.32 Å². The van der Waals surface area contributed by atoms with E-state index < -0.39 is 0 Å². The molecule has 5 heteroatoms. The molecule has 0 saturated carbocycles. The van der Waals surface area contributed by atoms with Crippen molar-refractivity contribution in [2.24, 2.45) is 0 Å². The van der Waals surface area contributed by atoms with Crippen LogP contribution in [0, 0.1) is 0 Å². The van der Waals surface area contributed by atoms with E-state index in [2.05, 4.69) is 10.1 Å². The summed E-state index contributed by atoms with van der Waals surface area (Å²) in [5.41, 5.74) is 1.32. The van der Waals surface area contributed by atoms with Gasteiger partial charge in [0.1, 0.15) is 0 Å². The zero-order valence-electron chi connectivity index (χ0n) is 11.7. The number of hydrogen-bond acceptors (Lipinski definition) is 4. The topological polar surface area (TPSA) is 64.6 Å². The zero-order chi connectivity index (χ0) is 14.8. The molecule has 0 aromatic heterocycles. The normalized spacial score (nSPS) is 10.5. The number of carbonyl (C=O) groups excluding carboxylic acids is 2. The van der Waals surface area contributed by atoms with Crippen LogP contribution >= 0.6 is 0 Å². The lowest BCUT2D eigenvalue weighted by atomic mass is 10.1. The van der Waals surface area contributed by atoms with Gasteiger partial charge in [-0.3, -0.25) is 4.79 Å². The molecule has 0 aliphatic rings. The largest absolute Gasteiger partial charge is 0.465 e. The molecule has 0 aliphatic heterocycles. The van der Waals surface area contributed by atoms with E-state index in [1.54, 1.807) is 37.5 Å². The number of amides is 1. The molecule has 20 heavy (non-hydrogen) atoms. The van der Waals surface area contributed by atoms with Crippen LogP contribution in [0.5, 0.6) is 0 Å². The minimum absolute atomic E-state index is 0.154. The second-order valence-electron chi connectivity index (χ2n) is 4.08. The number of carbonyl (C=O) groups is 2. The van der Waals surface area contributed by atoms with Crippen LogP contribution in [0.1, 0.15) is 22.3 Å². The standard InChI is InChI=1S/C15H19NO4/c1-19-11-3-10-16-14(17)9-6-12-4-7-13(8-5-12)15(18)20-2/h4-9H,3,10-11H2,1-2H3,(H,16,17)/b9-6+. The molecule has 0 bridgehead atoms. The Labute approximate surface area is 118 Å². The van der Waals surface area contributed by atoms with Crippen molar-refractivity contribution in [3.63, 3.8) is 0 Å². The summed E-state index contributed by atoms with van der Waals surface area (Å²) in [6, 6.07) is 6.81. The highest BCUT2D eigenvalue weighted by Crippen LogP contribution is 2.07. The van der Waals surface area contributed by atoms with Gasteiger partial charge in [0.25, 0.3) is 0 Å². The van der Waals surface area contributed by atoms with Gasteiger partial charge in [-0.1, -0.05) is 12.1 Å². The van der Waals surface area contributed by atoms with Gasteiger partial charge < -0.3 is 14.8 Å². The van der Waals surface area contributed by atoms with Crippen molar-refractivity contribution in [3.8, 4) is 0 Å². The van der Waals surface area contributed by atoms with Gasteiger partial charge in [0.2, 0.25) is 5.91 Å². The van der Waals surface area contributed by atoms with E-state index in [9.17, 15) is 9.59 Å². The number of nitrogens with one attached hydrogen (secondary N) is 1. The summed E-state index contributed by atoms with van der Waals surface area (Å²) in [5.74, 6) is -0.533. The Morgan fingerprint density at radius 1 is 1.20 bits per heavy atom. The number of esters is 1. The van der Waals surface area contributed by atoms with Crippen LogP contribution in [0.4, 0.5) is 0 Å². The van der Waals surface area contributed by atoms with Crippen molar-refractivity contribution in [1.82, 2.24) is 5.32 Å². The monoisotopic (exact) mass is 277 g/mol. The van der Waals surface area contributed by atoms with Crippen molar-refractivity contribution >= 4 is 18.0 Å². The van der Waals surface area contributed by atoms with Gasteiger partial charge in [-0.25, -0.2) is 4.79 Å². The molecule has 1 N–H and O–H groups in total. The second-order valence-corrected chi connectivity index (χ2v) is 4.08. The number of hydrogen-bond donors (Lipinski definition) is 1. The summed E-state index contributed by atoms with van der Waals surface area (Å²) < 4.78 is 9.49. The average Bonchev–Trinajstić information content (AvgIpc) is 2.49. The Morgan fingerprint density at radius 3 is 2.50 bits per heavy atom. The van der Waals surface area contributed by atoms with Gasteiger partial charge in [0.15, 0.2) is 0 Å². The molecule has 108 valence electrons. The highest BCUT2D eigenvalue weighted by molar-refractivity contribution is 5.92. The van der Waals surface area contributed by atoms with Crippen LogP contribution in [-0.2, 0) is 14.3 Å². The molecule has 0 spiro atoms. The van der Waals surface area contributed by atoms with Crippen molar-refractivity contribution in [2.45, 2.75) is 6.42 Å². The molecule has 1 amide bonds. The molecular formula is C15H19NO4. The highest BCUT2D eigenvalue weighted by atomic mass is 16.5. The number of rotatable bonds is 7. The molecule has 0 saturated heterocycles. The Morgan fingerprint density at radius 2 is 1.90 bits per heavy atom. The molecule has 0 atom stereocenters. The van der Waals surface area contributed by atoms with Crippen molar-refractivity contribution in [1.29, 1.82) is 0 Å². The first-order valence-corrected chi connectivity index (χ1v) is 6.30. The van der Waals surface area contributed by atoms with E-state index in [1.807, 2.05) is 0 Å². The number of ether oxygens (including phenoxy) is 2. The van der Waals surface area contributed by atoms with Gasteiger partial charge >= 0.3 is 5.97 Å². The Kier molecular flexibility index (Phi) is 7.06. The first-order valence-electron chi connectivity index (χ1n) is 6.30. The summed E-state index contributed by atoms with van der Waals surface area (Å²) >= 11 is 0. The third-order valence-electron chi connectivity index (χ3n) is 2.58. The smallest absolute Gasteiger partial charge is 0.337 e. The summed E-state index contributed by atoms with van der Waals surface area (Å²) in [6.07, 6.45) is 3.93. The molecule has 0 unspecified atom stereocenters. The Bertz CT molecular complexity index is 465. The predicted molar refractivity (Wildman–Crippen MR) is 76.3 cm³/mol. The third kappa shape index (κ3) is 5.67. The first kappa shape index (κ1) is 15.9. The van der Waals surface area contributed by atoms with E-state index in [1.165, 1.54) is 13.2 Å². The maximum atomic E-state index is 11.5. The quantitative estimate of drug-likeness (QED) is 0.467.